The van der Waals surface area contributed by atoms with Gasteiger partial charge < -0.3 is 5.32 Å². The monoisotopic (exact) mass is 242 g/mol. The minimum absolute atomic E-state index is 0.0526. The second-order valence-electron chi connectivity index (χ2n) is 4.38. The SMILES string of the molecule is CCNC(c1cncnc1)c1ncc(C)cc1C. The van der Waals surface area contributed by atoms with Crippen LogP contribution in [0.5, 0.6) is 0 Å². The van der Waals surface area contributed by atoms with Crippen molar-refractivity contribution in [3.05, 3.63) is 53.4 Å². The second kappa shape index (κ2) is 5.69. The zero-order valence-corrected chi connectivity index (χ0v) is 11.0. The zero-order valence-electron chi connectivity index (χ0n) is 11.0. The summed E-state index contributed by atoms with van der Waals surface area (Å²) in [6, 6.07) is 2.20. The Morgan fingerprint density at radius 3 is 2.50 bits per heavy atom. The predicted molar refractivity (Wildman–Crippen MR) is 71.3 cm³/mol. The molecule has 0 aliphatic carbocycles. The molecule has 0 spiro atoms. The van der Waals surface area contributed by atoms with Gasteiger partial charge in [0.1, 0.15) is 6.33 Å². The molecule has 0 bridgehead atoms. The normalized spacial score (nSPS) is 12.4. The lowest BCUT2D eigenvalue weighted by Gasteiger charge is -2.19. The highest BCUT2D eigenvalue weighted by Gasteiger charge is 2.17. The van der Waals surface area contributed by atoms with Crippen LogP contribution >= 0.6 is 0 Å². The van der Waals surface area contributed by atoms with Gasteiger partial charge in [0.05, 0.1) is 11.7 Å². The van der Waals surface area contributed by atoms with E-state index in [2.05, 4.69) is 47.1 Å². The Morgan fingerprint density at radius 2 is 1.89 bits per heavy atom. The van der Waals surface area contributed by atoms with Crippen molar-refractivity contribution in [2.24, 2.45) is 0 Å². The number of aryl methyl sites for hydroxylation is 2. The predicted octanol–water partition coefficient (Wildman–Crippen LogP) is 2.19. The van der Waals surface area contributed by atoms with Crippen LogP contribution in [-0.2, 0) is 0 Å². The molecule has 1 atom stereocenters. The van der Waals surface area contributed by atoms with Crippen molar-refractivity contribution in [1.29, 1.82) is 0 Å². The maximum atomic E-state index is 4.56. The summed E-state index contributed by atoms with van der Waals surface area (Å²) in [7, 11) is 0. The van der Waals surface area contributed by atoms with E-state index in [1.54, 1.807) is 6.33 Å². The van der Waals surface area contributed by atoms with Crippen molar-refractivity contribution in [1.82, 2.24) is 20.3 Å². The van der Waals surface area contributed by atoms with E-state index in [9.17, 15) is 0 Å². The maximum absolute atomic E-state index is 4.56. The van der Waals surface area contributed by atoms with Crippen LogP contribution in [0, 0.1) is 13.8 Å². The highest BCUT2D eigenvalue weighted by molar-refractivity contribution is 5.31. The van der Waals surface area contributed by atoms with Crippen molar-refractivity contribution < 1.29 is 0 Å². The molecule has 4 heteroatoms. The molecular formula is C14H18N4. The van der Waals surface area contributed by atoms with Gasteiger partial charge in [0.25, 0.3) is 0 Å². The molecule has 2 rings (SSSR count). The Kier molecular flexibility index (Phi) is 3.99. The first-order valence-electron chi connectivity index (χ1n) is 6.13. The van der Waals surface area contributed by atoms with Gasteiger partial charge in [-0.3, -0.25) is 4.98 Å². The number of nitrogens with one attached hydrogen (secondary N) is 1. The third-order valence-electron chi connectivity index (χ3n) is 2.85. The van der Waals surface area contributed by atoms with Crippen molar-refractivity contribution in [3.63, 3.8) is 0 Å². The lowest BCUT2D eigenvalue weighted by molar-refractivity contribution is 0.607. The molecule has 0 fully saturated rings. The van der Waals surface area contributed by atoms with E-state index in [0.29, 0.717) is 0 Å². The number of nitrogens with zero attached hydrogens (tertiary/aromatic N) is 3. The molecule has 4 nitrogen and oxygen atoms in total. The van der Waals surface area contributed by atoms with Gasteiger partial charge in [-0.2, -0.15) is 0 Å². The van der Waals surface area contributed by atoms with Crippen LogP contribution in [0.1, 0.15) is 35.3 Å². The Labute approximate surface area is 108 Å². The Hall–Kier alpha value is -1.81. The molecule has 2 aromatic heterocycles. The van der Waals surface area contributed by atoms with E-state index < -0.39 is 0 Å². The topological polar surface area (TPSA) is 50.7 Å². The highest BCUT2D eigenvalue weighted by Crippen LogP contribution is 2.22. The first kappa shape index (κ1) is 12.6. The molecule has 2 aromatic rings. The molecule has 0 radical (unpaired) electrons. The molecule has 0 saturated carbocycles. The summed E-state index contributed by atoms with van der Waals surface area (Å²) in [5, 5.41) is 3.43. The number of pyridine rings is 1. The third kappa shape index (κ3) is 2.71. The third-order valence-corrected chi connectivity index (χ3v) is 2.85. The van der Waals surface area contributed by atoms with E-state index in [4.69, 9.17) is 0 Å². The standard InChI is InChI=1S/C14H18N4/c1-4-17-14(12-7-15-9-16-8-12)13-11(3)5-10(2)6-18-13/h5-9,14,17H,4H2,1-3H3. The maximum Gasteiger partial charge on any atom is 0.115 e. The van der Waals surface area contributed by atoms with Crippen molar-refractivity contribution in [3.8, 4) is 0 Å². The number of rotatable bonds is 4. The molecule has 1 N–H and O–H groups in total. The van der Waals surface area contributed by atoms with Gasteiger partial charge in [-0.1, -0.05) is 13.0 Å². The number of hydrogen-bond donors (Lipinski definition) is 1. The first-order chi connectivity index (χ1) is 8.72. The molecule has 1 unspecified atom stereocenters. The van der Waals surface area contributed by atoms with E-state index in [-0.39, 0.29) is 6.04 Å². The lowest BCUT2D eigenvalue weighted by Crippen LogP contribution is -2.24. The first-order valence-corrected chi connectivity index (χ1v) is 6.13. The van der Waals surface area contributed by atoms with Crippen molar-refractivity contribution in [2.45, 2.75) is 26.8 Å². The van der Waals surface area contributed by atoms with E-state index in [0.717, 1.165) is 17.8 Å². The minimum Gasteiger partial charge on any atom is -0.305 e. The van der Waals surface area contributed by atoms with Crippen LogP contribution in [0.25, 0.3) is 0 Å². The molecule has 0 saturated heterocycles. The van der Waals surface area contributed by atoms with Gasteiger partial charge in [0.15, 0.2) is 0 Å². The van der Waals surface area contributed by atoms with E-state index >= 15 is 0 Å². The van der Waals surface area contributed by atoms with Gasteiger partial charge in [0.2, 0.25) is 0 Å². The molecular weight excluding hydrogens is 224 g/mol. The van der Waals surface area contributed by atoms with Crippen LogP contribution in [0.15, 0.2) is 31.0 Å². The number of aromatic nitrogens is 3. The van der Waals surface area contributed by atoms with Crippen molar-refractivity contribution in [2.75, 3.05) is 6.54 Å². The summed E-state index contributed by atoms with van der Waals surface area (Å²) in [6.07, 6.45) is 7.11. The molecule has 18 heavy (non-hydrogen) atoms. The fraction of sp³-hybridized carbons (Fsp3) is 0.357. The van der Waals surface area contributed by atoms with Gasteiger partial charge in [-0.15, -0.1) is 0 Å². The Balaban J connectivity index is 2.41. The molecule has 94 valence electrons. The average molecular weight is 242 g/mol. The van der Waals surface area contributed by atoms with Crippen molar-refractivity contribution >= 4 is 0 Å². The van der Waals surface area contributed by atoms with Gasteiger partial charge >= 0.3 is 0 Å². The Bertz CT molecular complexity index is 510. The Morgan fingerprint density at radius 1 is 1.17 bits per heavy atom. The summed E-state index contributed by atoms with van der Waals surface area (Å²) >= 11 is 0. The fourth-order valence-corrected chi connectivity index (χ4v) is 2.06. The van der Waals surface area contributed by atoms with E-state index in [1.807, 2.05) is 18.6 Å². The molecule has 2 heterocycles. The second-order valence-corrected chi connectivity index (χ2v) is 4.38. The highest BCUT2D eigenvalue weighted by atomic mass is 14.9. The van der Waals surface area contributed by atoms with Crippen LogP contribution in [-0.4, -0.2) is 21.5 Å². The van der Waals surface area contributed by atoms with Gasteiger partial charge in [-0.05, 0) is 31.5 Å². The van der Waals surface area contributed by atoms with Crippen LogP contribution in [0.2, 0.25) is 0 Å². The average Bonchev–Trinajstić information content (AvgIpc) is 2.38. The van der Waals surface area contributed by atoms with Crippen LogP contribution in [0.3, 0.4) is 0 Å². The largest absolute Gasteiger partial charge is 0.305 e. The summed E-state index contributed by atoms with van der Waals surface area (Å²) < 4.78 is 0. The summed E-state index contributed by atoms with van der Waals surface area (Å²) in [6.45, 7) is 7.09. The summed E-state index contributed by atoms with van der Waals surface area (Å²) in [5.41, 5.74) is 4.44. The quantitative estimate of drug-likeness (QED) is 0.893. The zero-order chi connectivity index (χ0) is 13.0. The van der Waals surface area contributed by atoms with E-state index in [1.165, 1.54) is 11.1 Å². The molecule has 0 aliphatic heterocycles. The lowest BCUT2D eigenvalue weighted by atomic mass is 10.0. The van der Waals surface area contributed by atoms with Crippen LogP contribution in [0.4, 0.5) is 0 Å². The number of hydrogen-bond acceptors (Lipinski definition) is 4. The molecule has 0 aromatic carbocycles. The summed E-state index contributed by atoms with van der Waals surface area (Å²) in [4.78, 5) is 12.7. The van der Waals surface area contributed by atoms with Gasteiger partial charge in [0, 0.05) is 24.2 Å². The summed E-state index contributed by atoms with van der Waals surface area (Å²) in [5.74, 6) is 0. The minimum atomic E-state index is 0.0526. The smallest absolute Gasteiger partial charge is 0.115 e. The van der Waals surface area contributed by atoms with Gasteiger partial charge in [-0.25, -0.2) is 9.97 Å². The van der Waals surface area contributed by atoms with Crippen LogP contribution < -0.4 is 5.32 Å². The fourth-order valence-electron chi connectivity index (χ4n) is 2.06. The molecule has 0 amide bonds. The molecule has 0 aliphatic rings.